The Morgan fingerprint density at radius 1 is 0.632 bits per heavy atom. The minimum atomic E-state index is -0.109. The number of benzene rings is 3. The van der Waals surface area contributed by atoms with Crippen LogP contribution >= 0.6 is 0 Å². The predicted molar refractivity (Wildman–Crippen MR) is 151 cm³/mol. The molecule has 0 fully saturated rings. The molecule has 38 heavy (non-hydrogen) atoms. The average molecular weight is 517 g/mol. The third-order valence-corrected chi connectivity index (χ3v) is 6.07. The van der Waals surface area contributed by atoms with Crippen LogP contribution < -0.4 is 10.6 Å². The Bertz CT molecular complexity index is 1100. The molecule has 0 saturated carbocycles. The zero-order chi connectivity index (χ0) is 27.3. The molecule has 6 heteroatoms. The van der Waals surface area contributed by atoms with E-state index < -0.39 is 0 Å². The minimum absolute atomic E-state index is 0.109. The van der Waals surface area contributed by atoms with Gasteiger partial charge in [-0.25, -0.2) is 0 Å². The fourth-order valence-corrected chi connectivity index (χ4v) is 4.13. The summed E-state index contributed by atoms with van der Waals surface area (Å²) in [4.78, 5) is 25.8. The van der Waals surface area contributed by atoms with E-state index in [9.17, 15) is 9.59 Å². The number of amides is 2. The summed E-state index contributed by atoms with van der Waals surface area (Å²) in [5, 5.41) is 6.06. The van der Waals surface area contributed by atoms with Crippen molar-refractivity contribution in [2.75, 3.05) is 13.2 Å². The van der Waals surface area contributed by atoms with E-state index in [0.717, 1.165) is 22.3 Å². The molecule has 0 bridgehead atoms. The van der Waals surface area contributed by atoms with Crippen molar-refractivity contribution in [3.8, 4) is 0 Å². The first-order valence-electron chi connectivity index (χ1n) is 13.4. The zero-order valence-electron chi connectivity index (χ0n) is 23.0. The molecule has 0 spiro atoms. The standard InChI is InChI=1S/C32H40N2O4/c1-23(2)37-18-16-27-12-5-7-14-29(27)31(35)33-21-25-10-9-11-26(20-25)22-34-32(36)30-15-8-6-13-28(30)17-19-38-24(3)4/h5-15,20,23-24H,16-19,21-22H2,1-4H3,(H,33,35)(H,34,36). The van der Waals surface area contributed by atoms with Crippen LogP contribution in [0.3, 0.4) is 0 Å². The Labute approximate surface area is 226 Å². The van der Waals surface area contributed by atoms with Gasteiger partial charge in [-0.2, -0.15) is 0 Å². The van der Waals surface area contributed by atoms with Crippen molar-refractivity contribution in [3.05, 3.63) is 106 Å². The molecule has 0 saturated heterocycles. The molecular weight excluding hydrogens is 476 g/mol. The van der Waals surface area contributed by atoms with Gasteiger partial charge >= 0.3 is 0 Å². The van der Waals surface area contributed by atoms with E-state index in [-0.39, 0.29) is 24.0 Å². The second kappa shape index (κ2) is 15.1. The molecule has 3 rings (SSSR count). The van der Waals surface area contributed by atoms with Crippen molar-refractivity contribution in [2.45, 2.75) is 65.8 Å². The van der Waals surface area contributed by atoms with Gasteiger partial charge in [0.25, 0.3) is 11.8 Å². The summed E-state index contributed by atoms with van der Waals surface area (Å²) < 4.78 is 11.3. The maximum absolute atomic E-state index is 12.9. The van der Waals surface area contributed by atoms with Gasteiger partial charge in [-0.3, -0.25) is 9.59 Å². The second-order valence-electron chi connectivity index (χ2n) is 9.84. The van der Waals surface area contributed by atoms with Gasteiger partial charge < -0.3 is 20.1 Å². The molecule has 0 aromatic heterocycles. The molecule has 0 unspecified atom stereocenters. The van der Waals surface area contributed by atoms with Crippen LogP contribution in [0.2, 0.25) is 0 Å². The summed E-state index contributed by atoms with van der Waals surface area (Å²) in [6.07, 6.45) is 1.69. The fraction of sp³-hybridized carbons (Fsp3) is 0.375. The Hall–Kier alpha value is -3.48. The van der Waals surface area contributed by atoms with E-state index in [1.54, 1.807) is 0 Å². The molecule has 2 amide bonds. The second-order valence-corrected chi connectivity index (χ2v) is 9.84. The van der Waals surface area contributed by atoms with Crippen LogP contribution in [0.5, 0.6) is 0 Å². The lowest BCUT2D eigenvalue weighted by Crippen LogP contribution is -2.25. The average Bonchev–Trinajstić information content (AvgIpc) is 2.91. The first-order chi connectivity index (χ1) is 18.3. The van der Waals surface area contributed by atoms with Crippen molar-refractivity contribution >= 4 is 11.8 Å². The highest BCUT2D eigenvalue weighted by atomic mass is 16.5. The summed E-state index contributed by atoms with van der Waals surface area (Å²) in [5.74, 6) is -0.219. The van der Waals surface area contributed by atoms with E-state index >= 15 is 0 Å². The van der Waals surface area contributed by atoms with E-state index in [0.29, 0.717) is 50.3 Å². The molecule has 2 N–H and O–H groups in total. The monoisotopic (exact) mass is 516 g/mol. The first kappa shape index (κ1) is 29.1. The molecular formula is C32H40N2O4. The molecule has 0 aliphatic carbocycles. The number of carbonyl (C=O) groups excluding carboxylic acids is 2. The van der Waals surface area contributed by atoms with Gasteiger partial charge in [0.15, 0.2) is 0 Å². The van der Waals surface area contributed by atoms with Crippen molar-refractivity contribution < 1.29 is 19.1 Å². The molecule has 0 radical (unpaired) electrons. The highest BCUT2D eigenvalue weighted by molar-refractivity contribution is 5.96. The summed E-state index contributed by atoms with van der Waals surface area (Å²) in [6, 6.07) is 23.2. The molecule has 0 aliphatic rings. The number of hydrogen-bond donors (Lipinski definition) is 2. The smallest absolute Gasteiger partial charge is 0.251 e. The van der Waals surface area contributed by atoms with Gasteiger partial charge in [-0.1, -0.05) is 60.7 Å². The fourth-order valence-electron chi connectivity index (χ4n) is 4.13. The normalized spacial score (nSPS) is 11.1. The van der Waals surface area contributed by atoms with Gasteiger partial charge in [0, 0.05) is 24.2 Å². The molecule has 0 aliphatic heterocycles. The van der Waals surface area contributed by atoms with Crippen molar-refractivity contribution in [3.63, 3.8) is 0 Å². The minimum Gasteiger partial charge on any atom is -0.378 e. The van der Waals surface area contributed by atoms with E-state index in [4.69, 9.17) is 9.47 Å². The predicted octanol–water partition coefficient (Wildman–Crippen LogP) is 5.48. The van der Waals surface area contributed by atoms with Gasteiger partial charge in [0.1, 0.15) is 0 Å². The Balaban J connectivity index is 1.55. The quantitative estimate of drug-likeness (QED) is 0.297. The van der Waals surface area contributed by atoms with E-state index in [1.165, 1.54) is 0 Å². The maximum atomic E-state index is 12.9. The molecule has 202 valence electrons. The summed E-state index contributed by atoms with van der Waals surface area (Å²) >= 11 is 0. The lowest BCUT2D eigenvalue weighted by atomic mass is 10.0. The number of hydrogen-bond acceptors (Lipinski definition) is 4. The lowest BCUT2D eigenvalue weighted by Gasteiger charge is -2.13. The van der Waals surface area contributed by atoms with Gasteiger partial charge in [0.2, 0.25) is 0 Å². The molecule has 6 nitrogen and oxygen atoms in total. The van der Waals surface area contributed by atoms with Crippen LogP contribution in [0.25, 0.3) is 0 Å². The van der Waals surface area contributed by atoms with Crippen LogP contribution in [0, 0.1) is 0 Å². The summed E-state index contributed by atoms with van der Waals surface area (Å²) in [7, 11) is 0. The lowest BCUT2D eigenvalue weighted by molar-refractivity contribution is 0.0806. The van der Waals surface area contributed by atoms with Crippen molar-refractivity contribution in [1.29, 1.82) is 0 Å². The largest absolute Gasteiger partial charge is 0.378 e. The molecule has 3 aromatic carbocycles. The number of rotatable bonds is 14. The Morgan fingerprint density at radius 2 is 1.05 bits per heavy atom. The third-order valence-electron chi connectivity index (χ3n) is 6.07. The topological polar surface area (TPSA) is 76.7 Å². The SMILES string of the molecule is CC(C)OCCc1ccccc1C(=O)NCc1cccc(CNC(=O)c2ccccc2CCOC(C)C)c1. The number of carbonyl (C=O) groups is 2. The van der Waals surface area contributed by atoms with E-state index in [1.807, 2.05) is 100 Å². The summed E-state index contributed by atoms with van der Waals surface area (Å²) in [5.41, 5.74) is 5.21. The first-order valence-corrected chi connectivity index (χ1v) is 13.4. The summed E-state index contributed by atoms with van der Waals surface area (Å²) in [6.45, 7) is 9.95. The third kappa shape index (κ3) is 9.43. The maximum Gasteiger partial charge on any atom is 0.251 e. The van der Waals surface area contributed by atoms with Crippen LogP contribution in [0.4, 0.5) is 0 Å². The van der Waals surface area contributed by atoms with Crippen LogP contribution in [0.15, 0.2) is 72.8 Å². The highest BCUT2D eigenvalue weighted by Gasteiger charge is 2.13. The molecule has 3 aromatic rings. The Morgan fingerprint density at radius 3 is 1.47 bits per heavy atom. The van der Waals surface area contributed by atoms with Gasteiger partial charge in [-0.15, -0.1) is 0 Å². The van der Waals surface area contributed by atoms with Crippen molar-refractivity contribution in [2.24, 2.45) is 0 Å². The molecule has 0 heterocycles. The van der Waals surface area contributed by atoms with Crippen LogP contribution in [-0.2, 0) is 35.4 Å². The zero-order valence-corrected chi connectivity index (χ0v) is 23.0. The van der Waals surface area contributed by atoms with Crippen LogP contribution in [0.1, 0.15) is 70.7 Å². The van der Waals surface area contributed by atoms with Crippen LogP contribution in [-0.4, -0.2) is 37.2 Å². The highest BCUT2D eigenvalue weighted by Crippen LogP contribution is 2.13. The number of nitrogens with one attached hydrogen (secondary N) is 2. The Kier molecular flexibility index (Phi) is 11.5. The van der Waals surface area contributed by atoms with Crippen molar-refractivity contribution in [1.82, 2.24) is 10.6 Å². The van der Waals surface area contributed by atoms with E-state index in [2.05, 4.69) is 10.6 Å². The molecule has 0 atom stereocenters. The van der Waals surface area contributed by atoms with Gasteiger partial charge in [0.05, 0.1) is 25.4 Å². The number of ether oxygens (including phenoxy) is 2. The van der Waals surface area contributed by atoms with Gasteiger partial charge in [-0.05, 0) is 74.9 Å².